The van der Waals surface area contributed by atoms with Crippen molar-refractivity contribution in [3.63, 3.8) is 0 Å². The van der Waals surface area contributed by atoms with Gasteiger partial charge < -0.3 is 19.7 Å². The summed E-state index contributed by atoms with van der Waals surface area (Å²) in [7, 11) is -1.39. The van der Waals surface area contributed by atoms with E-state index in [-0.39, 0.29) is 41.2 Å². The molecule has 0 aromatic heterocycles. The fraction of sp³-hybridized carbons (Fsp3) is 0.297. The van der Waals surface area contributed by atoms with Crippen molar-refractivity contribution in [2.24, 2.45) is 0 Å². The van der Waals surface area contributed by atoms with Gasteiger partial charge in [-0.2, -0.15) is 0 Å². The normalized spacial score (nSPS) is 13.8. The van der Waals surface area contributed by atoms with Crippen LogP contribution in [-0.4, -0.2) is 58.0 Å². The molecule has 0 aliphatic heterocycles. The number of rotatable bonds is 14. The third-order valence-corrected chi connectivity index (χ3v) is 10.7. The molecule has 2 amide bonds. The van der Waals surface area contributed by atoms with Crippen molar-refractivity contribution in [1.29, 1.82) is 0 Å². The van der Waals surface area contributed by atoms with E-state index in [1.807, 2.05) is 36.4 Å². The van der Waals surface area contributed by atoms with Crippen LogP contribution in [0.15, 0.2) is 108 Å². The number of sulfonamides is 1. The Labute approximate surface area is 287 Å². The molecule has 0 saturated heterocycles. The van der Waals surface area contributed by atoms with Crippen LogP contribution < -0.4 is 19.1 Å². The number of para-hydroxylation sites is 2. The van der Waals surface area contributed by atoms with Crippen molar-refractivity contribution in [3.05, 3.63) is 119 Å². The van der Waals surface area contributed by atoms with E-state index < -0.39 is 28.5 Å². The summed E-state index contributed by atoms with van der Waals surface area (Å²) >= 11 is 6.60. The first-order valence-corrected chi connectivity index (χ1v) is 17.7. The lowest BCUT2D eigenvalue weighted by molar-refractivity contribution is -0.140. The number of halogens is 1. The molecule has 9 nitrogen and oxygen atoms in total. The van der Waals surface area contributed by atoms with Crippen molar-refractivity contribution in [2.75, 3.05) is 25.1 Å². The monoisotopic (exact) mass is 689 g/mol. The number of anilines is 1. The summed E-state index contributed by atoms with van der Waals surface area (Å²) in [4.78, 5) is 30.3. The number of amides is 2. The molecule has 1 fully saturated rings. The maximum Gasteiger partial charge on any atom is 0.264 e. The van der Waals surface area contributed by atoms with Gasteiger partial charge in [-0.1, -0.05) is 85.1 Å². The average molecular weight is 690 g/mol. The molecule has 1 atom stereocenters. The van der Waals surface area contributed by atoms with Gasteiger partial charge in [0.1, 0.15) is 24.1 Å². The number of ether oxygens (including phenoxy) is 2. The number of hydrogen-bond acceptors (Lipinski definition) is 6. The molecular formula is C37H40ClN3O6S. The quantitative estimate of drug-likeness (QED) is 0.168. The Morgan fingerprint density at radius 2 is 1.50 bits per heavy atom. The van der Waals surface area contributed by atoms with Crippen molar-refractivity contribution < 1.29 is 27.5 Å². The van der Waals surface area contributed by atoms with Crippen LogP contribution in [0.4, 0.5) is 5.69 Å². The summed E-state index contributed by atoms with van der Waals surface area (Å²) < 4.78 is 40.5. The Morgan fingerprint density at radius 1 is 0.854 bits per heavy atom. The van der Waals surface area contributed by atoms with E-state index in [9.17, 15) is 18.0 Å². The molecule has 1 unspecified atom stereocenters. The molecule has 4 aromatic rings. The van der Waals surface area contributed by atoms with E-state index >= 15 is 0 Å². The Morgan fingerprint density at radius 3 is 2.17 bits per heavy atom. The molecule has 48 heavy (non-hydrogen) atoms. The second-order valence-corrected chi connectivity index (χ2v) is 13.9. The first kappa shape index (κ1) is 34.8. The van der Waals surface area contributed by atoms with Gasteiger partial charge in [0.2, 0.25) is 11.8 Å². The summed E-state index contributed by atoms with van der Waals surface area (Å²) in [6.45, 7) is -0.627. The second kappa shape index (κ2) is 16.0. The minimum Gasteiger partial charge on any atom is -0.497 e. The van der Waals surface area contributed by atoms with Gasteiger partial charge in [-0.05, 0) is 66.4 Å². The predicted octanol–water partition coefficient (Wildman–Crippen LogP) is 6.25. The molecule has 0 bridgehead atoms. The maximum atomic E-state index is 14.7. The Balaban J connectivity index is 1.59. The highest BCUT2D eigenvalue weighted by Gasteiger charge is 2.36. The highest BCUT2D eigenvalue weighted by molar-refractivity contribution is 7.92. The molecular weight excluding hydrogens is 650 g/mol. The SMILES string of the molecule is COc1ccc(S(=O)(=O)N(CC(=O)N(Cc2ccccc2Cl)C(Cc2ccccc2)C(=O)NC2CCCC2)c2ccccc2OC)cc1. The molecule has 11 heteroatoms. The topological polar surface area (TPSA) is 105 Å². The van der Waals surface area contributed by atoms with E-state index in [0.717, 1.165) is 35.6 Å². The third kappa shape index (κ3) is 8.29. The lowest BCUT2D eigenvalue weighted by Crippen LogP contribution is -2.54. The van der Waals surface area contributed by atoms with E-state index in [1.165, 1.54) is 31.3 Å². The van der Waals surface area contributed by atoms with E-state index in [0.29, 0.717) is 16.3 Å². The smallest absolute Gasteiger partial charge is 0.264 e. The number of benzene rings is 4. The fourth-order valence-corrected chi connectivity index (χ4v) is 7.58. The van der Waals surface area contributed by atoms with Gasteiger partial charge in [-0.25, -0.2) is 8.42 Å². The zero-order chi connectivity index (χ0) is 34.1. The number of nitrogens with zero attached hydrogens (tertiary/aromatic N) is 2. The zero-order valence-electron chi connectivity index (χ0n) is 27.0. The van der Waals surface area contributed by atoms with Gasteiger partial charge in [0, 0.05) is 24.0 Å². The van der Waals surface area contributed by atoms with E-state index in [1.54, 1.807) is 54.6 Å². The summed E-state index contributed by atoms with van der Waals surface area (Å²) in [5, 5.41) is 3.60. The lowest BCUT2D eigenvalue weighted by Gasteiger charge is -2.34. The largest absolute Gasteiger partial charge is 0.497 e. The first-order valence-electron chi connectivity index (χ1n) is 15.9. The molecule has 1 N–H and O–H groups in total. The standard InChI is InChI=1S/C37H40ClN3O6S/c1-46-30-20-22-31(23-21-30)48(44,45)41(33-18-10-11-19-35(33)47-2)26-36(42)40(25-28-14-6-9-17-32(28)38)34(24-27-12-4-3-5-13-27)37(43)39-29-15-7-8-16-29/h3-6,9-14,17-23,29,34H,7-8,15-16,24-26H2,1-2H3,(H,39,43). The highest BCUT2D eigenvalue weighted by atomic mass is 35.5. The average Bonchev–Trinajstić information content (AvgIpc) is 3.62. The Bertz CT molecular complexity index is 1800. The minimum absolute atomic E-state index is 0.00793. The third-order valence-electron chi connectivity index (χ3n) is 8.55. The van der Waals surface area contributed by atoms with E-state index in [4.69, 9.17) is 21.1 Å². The predicted molar refractivity (Wildman–Crippen MR) is 187 cm³/mol. The van der Waals surface area contributed by atoms with Gasteiger partial charge in [0.25, 0.3) is 10.0 Å². The number of hydrogen-bond donors (Lipinski definition) is 1. The van der Waals surface area contributed by atoms with Crippen LogP contribution in [0.25, 0.3) is 0 Å². The summed E-state index contributed by atoms with van der Waals surface area (Å²) in [5.74, 6) is -0.134. The number of nitrogens with one attached hydrogen (secondary N) is 1. The molecule has 1 aliphatic carbocycles. The van der Waals surface area contributed by atoms with Gasteiger partial charge in [0.15, 0.2) is 0 Å². The number of carbonyl (C=O) groups excluding carboxylic acids is 2. The molecule has 0 radical (unpaired) electrons. The van der Waals surface area contributed by atoms with Crippen LogP contribution in [-0.2, 0) is 32.6 Å². The van der Waals surface area contributed by atoms with Crippen molar-refractivity contribution in [3.8, 4) is 11.5 Å². The first-order chi connectivity index (χ1) is 23.2. The molecule has 0 heterocycles. The van der Waals surface area contributed by atoms with Gasteiger partial charge in [-0.3, -0.25) is 13.9 Å². The van der Waals surface area contributed by atoms with Crippen LogP contribution in [0.2, 0.25) is 5.02 Å². The molecule has 1 saturated carbocycles. The molecule has 1 aliphatic rings. The molecule has 0 spiro atoms. The maximum absolute atomic E-state index is 14.7. The summed E-state index contributed by atoms with van der Waals surface area (Å²) in [6.07, 6.45) is 3.99. The van der Waals surface area contributed by atoms with Gasteiger partial charge >= 0.3 is 0 Å². The summed E-state index contributed by atoms with van der Waals surface area (Å²) in [6, 6.07) is 28.2. The molecule has 5 rings (SSSR count). The number of methoxy groups -OCH3 is 2. The van der Waals surface area contributed by atoms with Crippen LogP contribution in [0, 0.1) is 0 Å². The van der Waals surface area contributed by atoms with Crippen molar-refractivity contribution >= 4 is 39.1 Å². The van der Waals surface area contributed by atoms with Gasteiger partial charge in [0.05, 0.1) is 24.8 Å². The zero-order valence-corrected chi connectivity index (χ0v) is 28.6. The van der Waals surface area contributed by atoms with Crippen LogP contribution >= 0.6 is 11.6 Å². The number of carbonyl (C=O) groups is 2. The van der Waals surface area contributed by atoms with E-state index in [2.05, 4.69) is 5.32 Å². The van der Waals surface area contributed by atoms with Crippen LogP contribution in [0.3, 0.4) is 0 Å². The van der Waals surface area contributed by atoms with Crippen LogP contribution in [0.5, 0.6) is 11.5 Å². The Kier molecular flexibility index (Phi) is 11.6. The summed E-state index contributed by atoms with van der Waals surface area (Å²) in [5.41, 5.74) is 1.66. The van der Waals surface area contributed by atoms with Gasteiger partial charge in [-0.15, -0.1) is 0 Å². The highest BCUT2D eigenvalue weighted by Crippen LogP contribution is 2.33. The molecule has 4 aromatic carbocycles. The minimum atomic E-state index is -4.32. The lowest BCUT2D eigenvalue weighted by atomic mass is 10.0. The van der Waals surface area contributed by atoms with Crippen molar-refractivity contribution in [2.45, 2.75) is 55.6 Å². The van der Waals surface area contributed by atoms with Crippen molar-refractivity contribution in [1.82, 2.24) is 10.2 Å². The Hall–Kier alpha value is -4.54. The second-order valence-electron chi connectivity index (χ2n) is 11.7. The molecule has 252 valence electrons. The van der Waals surface area contributed by atoms with Crippen LogP contribution in [0.1, 0.15) is 36.8 Å². The fourth-order valence-electron chi connectivity index (χ4n) is 5.96.